The molecule has 0 unspecified atom stereocenters. The van der Waals surface area contributed by atoms with E-state index in [1.54, 1.807) is 18.5 Å². The zero-order chi connectivity index (χ0) is 8.48. The Morgan fingerprint density at radius 2 is 2.27 bits per heavy atom. The van der Waals surface area contributed by atoms with E-state index < -0.39 is 5.60 Å². The summed E-state index contributed by atoms with van der Waals surface area (Å²) in [7, 11) is 1.87. The highest BCUT2D eigenvalue weighted by atomic mass is 16.3. The minimum absolute atomic E-state index is 0.605. The van der Waals surface area contributed by atoms with Gasteiger partial charge in [0.2, 0.25) is 0 Å². The Morgan fingerprint density at radius 3 is 2.64 bits per heavy atom. The lowest BCUT2D eigenvalue weighted by molar-refractivity contribution is 0.0798. The number of nitrogens with zero attached hydrogens (tertiary/aromatic N) is 2. The number of aromatic nitrogens is 2. The van der Waals surface area contributed by atoms with Crippen LogP contribution in [0.1, 0.15) is 19.5 Å². The van der Waals surface area contributed by atoms with Crippen LogP contribution in [-0.4, -0.2) is 20.5 Å². The number of aryl methyl sites for hydroxylation is 1. The molecule has 1 N–H and O–H groups in total. The number of hydrogen-bond donors (Lipinski definition) is 1. The second-order valence-electron chi connectivity index (χ2n) is 3.47. The van der Waals surface area contributed by atoms with Gasteiger partial charge in [-0.1, -0.05) is 0 Å². The van der Waals surface area contributed by atoms with Gasteiger partial charge in [0.25, 0.3) is 0 Å². The molecule has 3 nitrogen and oxygen atoms in total. The highest BCUT2D eigenvalue weighted by Crippen LogP contribution is 2.09. The molecule has 0 aliphatic rings. The van der Waals surface area contributed by atoms with Crippen molar-refractivity contribution in [1.82, 2.24) is 9.78 Å². The van der Waals surface area contributed by atoms with Gasteiger partial charge in [-0.15, -0.1) is 0 Å². The Morgan fingerprint density at radius 1 is 1.64 bits per heavy atom. The lowest BCUT2D eigenvalue weighted by atomic mass is 10.0. The minimum atomic E-state index is -0.658. The van der Waals surface area contributed by atoms with Crippen LogP contribution in [0, 0.1) is 0 Å². The summed E-state index contributed by atoms with van der Waals surface area (Å²) in [6, 6.07) is 1.91. The van der Waals surface area contributed by atoms with Gasteiger partial charge in [-0.3, -0.25) is 4.68 Å². The van der Waals surface area contributed by atoms with E-state index in [0.717, 1.165) is 5.69 Å². The molecule has 0 aromatic carbocycles. The van der Waals surface area contributed by atoms with Crippen molar-refractivity contribution in [2.75, 3.05) is 0 Å². The Balaban J connectivity index is 2.65. The molecule has 1 aromatic heterocycles. The van der Waals surface area contributed by atoms with Crippen molar-refractivity contribution in [3.05, 3.63) is 18.0 Å². The van der Waals surface area contributed by atoms with E-state index in [2.05, 4.69) is 5.10 Å². The maximum Gasteiger partial charge on any atom is 0.0652 e. The van der Waals surface area contributed by atoms with Gasteiger partial charge in [0, 0.05) is 19.7 Å². The maximum absolute atomic E-state index is 9.43. The first-order valence-electron chi connectivity index (χ1n) is 3.68. The van der Waals surface area contributed by atoms with E-state index in [9.17, 15) is 5.11 Å². The summed E-state index contributed by atoms with van der Waals surface area (Å²) >= 11 is 0. The smallest absolute Gasteiger partial charge is 0.0652 e. The fourth-order valence-electron chi connectivity index (χ4n) is 1.00. The topological polar surface area (TPSA) is 38.0 Å². The van der Waals surface area contributed by atoms with Gasteiger partial charge in [-0.2, -0.15) is 5.10 Å². The van der Waals surface area contributed by atoms with Gasteiger partial charge in [-0.05, 0) is 19.9 Å². The normalized spacial score (nSPS) is 12.0. The Bertz CT molecular complexity index is 234. The molecule has 0 aliphatic heterocycles. The van der Waals surface area contributed by atoms with Crippen molar-refractivity contribution in [3.8, 4) is 0 Å². The third kappa shape index (κ3) is 2.72. The molecule has 1 heterocycles. The molecule has 0 saturated heterocycles. The highest BCUT2D eigenvalue weighted by molar-refractivity contribution is 5.01. The molecule has 3 heteroatoms. The Labute approximate surface area is 66.7 Å². The molecule has 0 bridgehead atoms. The maximum atomic E-state index is 9.43. The van der Waals surface area contributed by atoms with Crippen LogP contribution >= 0.6 is 0 Å². The third-order valence-corrected chi connectivity index (χ3v) is 1.38. The molecule has 0 radical (unpaired) electrons. The molecule has 62 valence electrons. The van der Waals surface area contributed by atoms with Crippen LogP contribution in [0.3, 0.4) is 0 Å². The van der Waals surface area contributed by atoms with Gasteiger partial charge in [0.1, 0.15) is 0 Å². The summed E-state index contributed by atoms with van der Waals surface area (Å²) in [5.41, 5.74) is 0.272. The monoisotopic (exact) mass is 154 g/mol. The van der Waals surface area contributed by atoms with E-state index in [4.69, 9.17) is 0 Å². The van der Waals surface area contributed by atoms with E-state index in [1.165, 1.54) is 0 Å². The van der Waals surface area contributed by atoms with E-state index >= 15 is 0 Å². The van der Waals surface area contributed by atoms with Crippen LogP contribution < -0.4 is 0 Å². The quantitative estimate of drug-likeness (QED) is 0.682. The van der Waals surface area contributed by atoms with Crippen molar-refractivity contribution in [1.29, 1.82) is 0 Å². The van der Waals surface area contributed by atoms with Gasteiger partial charge >= 0.3 is 0 Å². The second-order valence-corrected chi connectivity index (χ2v) is 3.47. The molecule has 1 aromatic rings. The second kappa shape index (κ2) is 2.66. The SMILES string of the molecule is Cn1ccc(CC(C)(C)O)n1. The molecule has 11 heavy (non-hydrogen) atoms. The average Bonchev–Trinajstić information content (AvgIpc) is 2.10. The third-order valence-electron chi connectivity index (χ3n) is 1.38. The molecular weight excluding hydrogens is 140 g/mol. The zero-order valence-electron chi connectivity index (χ0n) is 7.20. The van der Waals surface area contributed by atoms with Crippen molar-refractivity contribution in [2.45, 2.75) is 25.9 Å². The molecule has 0 atom stereocenters. The van der Waals surface area contributed by atoms with Crippen molar-refractivity contribution < 1.29 is 5.11 Å². The van der Waals surface area contributed by atoms with Crippen molar-refractivity contribution in [2.24, 2.45) is 7.05 Å². The zero-order valence-corrected chi connectivity index (χ0v) is 7.20. The predicted molar refractivity (Wildman–Crippen MR) is 43.2 cm³/mol. The first-order valence-corrected chi connectivity index (χ1v) is 3.68. The van der Waals surface area contributed by atoms with Crippen LogP contribution in [0.4, 0.5) is 0 Å². The molecule has 0 amide bonds. The molecule has 0 spiro atoms. The van der Waals surface area contributed by atoms with Crippen molar-refractivity contribution in [3.63, 3.8) is 0 Å². The van der Waals surface area contributed by atoms with E-state index in [1.807, 2.05) is 19.3 Å². The summed E-state index contributed by atoms with van der Waals surface area (Å²) in [6.45, 7) is 3.56. The first kappa shape index (κ1) is 8.27. The average molecular weight is 154 g/mol. The van der Waals surface area contributed by atoms with Gasteiger partial charge in [-0.25, -0.2) is 0 Å². The summed E-state index contributed by atoms with van der Waals surface area (Å²) in [4.78, 5) is 0. The summed E-state index contributed by atoms with van der Waals surface area (Å²) < 4.78 is 1.74. The summed E-state index contributed by atoms with van der Waals surface area (Å²) in [5, 5.41) is 13.6. The van der Waals surface area contributed by atoms with Crippen LogP contribution in [-0.2, 0) is 13.5 Å². The summed E-state index contributed by atoms with van der Waals surface area (Å²) in [6.07, 6.45) is 2.48. The Hall–Kier alpha value is -0.830. The van der Waals surface area contributed by atoms with E-state index in [-0.39, 0.29) is 0 Å². The van der Waals surface area contributed by atoms with Gasteiger partial charge < -0.3 is 5.11 Å². The minimum Gasteiger partial charge on any atom is -0.390 e. The number of rotatable bonds is 2. The largest absolute Gasteiger partial charge is 0.390 e. The van der Waals surface area contributed by atoms with Crippen molar-refractivity contribution >= 4 is 0 Å². The fourth-order valence-corrected chi connectivity index (χ4v) is 1.00. The Kier molecular flexibility index (Phi) is 2.00. The van der Waals surface area contributed by atoms with Gasteiger partial charge in [0.05, 0.1) is 11.3 Å². The van der Waals surface area contributed by atoms with Crippen LogP contribution in [0.25, 0.3) is 0 Å². The summed E-state index contributed by atoms with van der Waals surface area (Å²) in [5.74, 6) is 0. The molecular formula is C8H14N2O. The highest BCUT2D eigenvalue weighted by Gasteiger charge is 2.14. The molecule has 0 saturated carbocycles. The fraction of sp³-hybridized carbons (Fsp3) is 0.625. The lowest BCUT2D eigenvalue weighted by Gasteiger charge is -2.14. The van der Waals surface area contributed by atoms with Crippen LogP contribution in [0.15, 0.2) is 12.3 Å². The standard InChI is InChI=1S/C8H14N2O/c1-8(2,11)6-7-4-5-10(3)9-7/h4-5,11H,6H2,1-3H3. The predicted octanol–water partition coefficient (Wildman–Crippen LogP) is 0.733. The molecule has 1 rings (SSSR count). The van der Waals surface area contributed by atoms with Crippen LogP contribution in [0.2, 0.25) is 0 Å². The lowest BCUT2D eigenvalue weighted by Crippen LogP contribution is -2.22. The van der Waals surface area contributed by atoms with Crippen LogP contribution in [0.5, 0.6) is 0 Å². The molecule has 0 aliphatic carbocycles. The first-order chi connectivity index (χ1) is 4.97. The number of aliphatic hydroxyl groups is 1. The molecule has 0 fully saturated rings. The van der Waals surface area contributed by atoms with E-state index in [0.29, 0.717) is 6.42 Å². The number of hydrogen-bond acceptors (Lipinski definition) is 2. The van der Waals surface area contributed by atoms with Gasteiger partial charge in [0.15, 0.2) is 0 Å².